The minimum atomic E-state index is -4.24. The number of rotatable bonds is 14. The number of aromatic nitrogens is 6. The number of ether oxygens (including phenoxy) is 1. The molecule has 264 valence electrons. The molecule has 0 aliphatic heterocycles. The van der Waals surface area contributed by atoms with Crippen molar-refractivity contribution in [2.45, 2.75) is 77.4 Å². The highest BCUT2D eigenvalue weighted by molar-refractivity contribution is 7.92. The van der Waals surface area contributed by atoms with E-state index in [1.54, 1.807) is 12.3 Å². The number of carboxylic acid groups (broad SMARTS) is 1. The Labute approximate surface area is 297 Å². The average molecular weight is 721 g/mol. The fraction of sp³-hybridized carbons (Fsp3) is 0.371. The summed E-state index contributed by atoms with van der Waals surface area (Å²) in [7, 11) is -4.24. The summed E-state index contributed by atoms with van der Waals surface area (Å²) in [6.45, 7) is 11.0. The van der Waals surface area contributed by atoms with Crippen LogP contribution in [0.5, 0.6) is 5.88 Å². The highest BCUT2D eigenvalue weighted by atomic mass is 35.5. The van der Waals surface area contributed by atoms with Gasteiger partial charge in [0.05, 0.1) is 34.2 Å². The van der Waals surface area contributed by atoms with Gasteiger partial charge in [0.1, 0.15) is 12.1 Å². The van der Waals surface area contributed by atoms with Crippen molar-refractivity contribution in [2.24, 2.45) is 5.41 Å². The van der Waals surface area contributed by atoms with Crippen LogP contribution >= 0.6 is 12.4 Å². The van der Waals surface area contributed by atoms with E-state index in [1.165, 1.54) is 18.2 Å². The van der Waals surface area contributed by atoms with Gasteiger partial charge in [-0.2, -0.15) is 10.1 Å². The maximum absolute atomic E-state index is 13.4. The fourth-order valence-electron chi connectivity index (χ4n) is 5.71. The molecule has 0 unspecified atom stereocenters. The molecular formula is C35H41ClN8O5S. The standard InChI is InChI=1S/C35H40N8O5S.ClH/c1-21(2)43-19-29-32(41-43)38-26(18-37-29)17-36-25(16-35(5)12-13-35)20-48-30-15-28(31-22(3)8-6-9-23(31)4)39-34(40-30)42-49(46,47)27-11-7-10-24(14-27)33(44)45;/h6-11,14-15,18-19,21,25,36H,12-13,16-17,20H2,1-5H3,(H,44,45)(H,39,40,42);1H/t25-;/m1./s1. The molecule has 3 aromatic heterocycles. The van der Waals surface area contributed by atoms with Crippen molar-refractivity contribution in [3.8, 4) is 17.1 Å². The van der Waals surface area contributed by atoms with Crippen LogP contribution in [0.15, 0.2) is 65.8 Å². The molecule has 50 heavy (non-hydrogen) atoms. The number of benzene rings is 2. The van der Waals surface area contributed by atoms with E-state index in [9.17, 15) is 18.3 Å². The summed E-state index contributed by atoms with van der Waals surface area (Å²) in [5, 5.41) is 17.5. The van der Waals surface area contributed by atoms with Crippen LogP contribution in [0.2, 0.25) is 0 Å². The molecule has 3 N–H and O–H groups in total. The second-order valence-electron chi connectivity index (χ2n) is 13.3. The Bertz CT molecular complexity index is 2110. The summed E-state index contributed by atoms with van der Waals surface area (Å²) in [6, 6.07) is 12.8. The van der Waals surface area contributed by atoms with Gasteiger partial charge < -0.3 is 15.2 Å². The quantitative estimate of drug-likeness (QED) is 0.120. The van der Waals surface area contributed by atoms with Crippen LogP contribution in [-0.4, -0.2) is 61.9 Å². The number of aromatic carboxylic acids is 1. The number of fused-ring (bicyclic) bond motifs is 1. The van der Waals surface area contributed by atoms with E-state index in [4.69, 9.17) is 9.72 Å². The molecule has 13 nitrogen and oxygen atoms in total. The molecule has 3 heterocycles. The lowest BCUT2D eigenvalue weighted by Gasteiger charge is -2.22. The molecule has 5 aromatic rings. The van der Waals surface area contributed by atoms with Crippen molar-refractivity contribution < 1.29 is 23.1 Å². The van der Waals surface area contributed by atoms with Crippen LogP contribution in [-0.2, 0) is 16.6 Å². The van der Waals surface area contributed by atoms with Crippen LogP contribution in [0.4, 0.5) is 5.95 Å². The average Bonchev–Trinajstić information content (AvgIpc) is 3.61. The number of carbonyl (C=O) groups is 1. The molecule has 0 saturated heterocycles. The van der Waals surface area contributed by atoms with Gasteiger partial charge >= 0.3 is 5.97 Å². The molecule has 1 aliphatic rings. The van der Waals surface area contributed by atoms with E-state index >= 15 is 0 Å². The number of nitrogens with zero attached hydrogens (tertiary/aromatic N) is 6. The van der Waals surface area contributed by atoms with Crippen molar-refractivity contribution in [1.82, 2.24) is 35.0 Å². The molecule has 1 fully saturated rings. The van der Waals surface area contributed by atoms with Gasteiger partial charge in [-0.1, -0.05) is 31.2 Å². The molecule has 1 aliphatic carbocycles. The summed E-state index contributed by atoms with van der Waals surface area (Å²) in [6.07, 6.45) is 6.76. The van der Waals surface area contributed by atoms with Crippen molar-refractivity contribution in [2.75, 3.05) is 11.3 Å². The zero-order chi connectivity index (χ0) is 34.9. The van der Waals surface area contributed by atoms with Crippen molar-refractivity contribution in [1.29, 1.82) is 0 Å². The summed E-state index contributed by atoms with van der Waals surface area (Å²) in [4.78, 5) is 29.5. The maximum atomic E-state index is 13.4. The third kappa shape index (κ3) is 8.55. The Hall–Kier alpha value is -4.66. The van der Waals surface area contributed by atoms with Gasteiger partial charge in [-0.15, -0.1) is 12.4 Å². The second kappa shape index (κ2) is 14.7. The first kappa shape index (κ1) is 36.6. The Balaban J connectivity index is 0.00000486. The van der Waals surface area contributed by atoms with Gasteiger partial charge in [0, 0.05) is 30.3 Å². The third-order valence-corrected chi connectivity index (χ3v) is 10.1. The molecule has 0 spiro atoms. The normalized spacial score (nSPS) is 14.3. The van der Waals surface area contributed by atoms with Gasteiger partial charge in [-0.25, -0.2) is 32.9 Å². The van der Waals surface area contributed by atoms with E-state index < -0.39 is 16.0 Å². The van der Waals surface area contributed by atoms with Crippen LogP contribution < -0.4 is 14.8 Å². The maximum Gasteiger partial charge on any atom is 0.335 e. The van der Waals surface area contributed by atoms with Gasteiger partial charge in [0.2, 0.25) is 11.8 Å². The van der Waals surface area contributed by atoms with E-state index in [0.29, 0.717) is 17.9 Å². The Morgan fingerprint density at radius 2 is 1.78 bits per heavy atom. The summed E-state index contributed by atoms with van der Waals surface area (Å²) < 4.78 is 37.4. The van der Waals surface area contributed by atoms with Crippen molar-refractivity contribution in [3.63, 3.8) is 0 Å². The van der Waals surface area contributed by atoms with Gasteiger partial charge in [0.25, 0.3) is 10.0 Å². The summed E-state index contributed by atoms with van der Waals surface area (Å²) >= 11 is 0. The van der Waals surface area contributed by atoms with Gasteiger partial charge in [0.15, 0.2) is 5.65 Å². The van der Waals surface area contributed by atoms with Crippen LogP contribution in [0.25, 0.3) is 22.4 Å². The minimum Gasteiger partial charge on any atom is -0.478 e. The monoisotopic (exact) mass is 720 g/mol. The molecule has 6 rings (SSSR count). The number of hydrogen-bond donors (Lipinski definition) is 3. The van der Waals surface area contributed by atoms with Crippen LogP contribution in [0.1, 0.15) is 73.3 Å². The lowest BCUT2D eigenvalue weighted by molar-refractivity contribution is 0.0696. The zero-order valence-corrected chi connectivity index (χ0v) is 30.2. The van der Waals surface area contributed by atoms with E-state index in [2.05, 4.69) is 50.9 Å². The summed E-state index contributed by atoms with van der Waals surface area (Å²) in [5.41, 5.74) is 5.36. The number of anilines is 1. The number of nitrogens with one attached hydrogen (secondary N) is 2. The molecule has 0 radical (unpaired) electrons. The minimum absolute atomic E-state index is 0. The largest absolute Gasteiger partial charge is 0.478 e. The van der Waals surface area contributed by atoms with Gasteiger partial charge in [-0.05, 0) is 81.7 Å². The molecule has 0 bridgehead atoms. The Kier molecular flexibility index (Phi) is 10.7. The van der Waals surface area contributed by atoms with Crippen LogP contribution in [0, 0.1) is 19.3 Å². The van der Waals surface area contributed by atoms with Crippen LogP contribution in [0.3, 0.4) is 0 Å². The zero-order valence-electron chi connectivity index (χ0n) is 28.5. The SMILES string of the molecule is Cc1cccc(C)c1-c1cc(OC[C@@H](CC2(C)CC2)NCc2cnc3cn(C(C)C)nc3n2)nc(NS(=O)(=O)c2cccc(C(=O)O)c2)n1.Cl. The molecule has 2 aromatic carbocycles. The van der Waals surface area contributed by atoms with Gasteiger partial charge in [-0.3, -0.25) is 4.68 Å². The molecule has 1 saturated carbocycles. The first-order valence-electron chi connectivity index (χ1n) is 16.2. The molecule has 0 amide bonds. The predicted molar refractivity (Wildman–Crippen MR) is 192 cm³/mol. The first-order chi connectivity index (χ1) is 23.3. The van der Waals surface area contributed by atoms with E-state index in [0.717, 1.165) is 53.2 Å². The highest BCUT2D eigenvalue weighted by Gasteiger charge is 2.39. The second-order valence-corrected chi connectivity index (χ2v) is 15.0. The Morgan fingerprint density at radius 3 is 2.46 bits per heavy atom. The lowest BCUT2D eigenvalue weighted by atomic mass is 9.99. The predicted octanol–water partition coefficient (Wildman–Crippen LogP) is 6.13. The van der Waals surface area contributed by atoms with E-state index in [1.807, 2.05) is 42.9 Å². The first-order valence-corrected chi connectivity index (χ1v) is 17.7. The number of hydrogen-bond acceptors (Lipinski definition) is 10. The number of carboxylic acids is 1. The topological polar surface area (TPSA) is 174 Å². The smallest absolute Gasteiger partial charge is 0.335 e. The van der Waals surface area contributed by atoms with Crippen molar-refractivity contribution in [3.05, 3.63) is 83.3 Å². The molecular weight excluding hydrogens is 680 g/mol. The van der Waals surface area contributed by atoms with E-state index in [-0.39, 0.29) is 58.8 Å². The number of halogens is 1. The molecule has 1 atom stereocenters. The van der Waals surface area contributed by atoms with Crippen molar-refractivity contribution >= 4 is 45.5 Å². The third-order valence-electron chi connectivity index (χ3n) is 8.73. The highest BCUT2D eigenvalue weighted by Crippen LogP contribution is 2.49. The number of sulfonamides is 1. The number of aryl methyl sites for hydroxylation is 2. The summed E-state index contributed by atoms with van der Waals surface area (Å²) in [5.74, 6) is -1.24. The fourth-order valence-corrected chi connectivity index (χ4v) is 6.69. The Morgan fingerprint density at radius 1 is 1.06 bits per heavy atom. The molecule has 15 heteroatoms. The lowest BCUT2D eigenvalue weighted by Crippen LogP contribution is -2.36.